The summed E-state index contributed by atoms with van der Waals surface area (Å²) in [5.41, 5.74) is 1.30. The molecule has 0 spiro atoms. The Hall–Kier alpha value is -1.79. The van der Waals surface area contributed by atoms with Gasteiger partial charge < -0.3 is 10.4 Å². The van der Waals surface area contributed by atoms with Crippen LogP contribution in [0.2, 0.25) is 0 Å². The number of aromatic carboxylic acids is 1. The fraction of sp³-hybridized carbons (Fsp3) is 0.143. The molecule has 4 nitrogen and oxygen atoms in total. The molecule has 1 aromatic carbocycles. The largest absolute Gasteiger partial charge is 0.478 e. The molecule has 1 aromatic heterocycles. The predicted octanol–water partition coefficient (Wildman–Crippen LogP) is 3.32. The number of hydrogen-bond acceptors (Lipinski definition) is 4. The van der Waals surface area contributed by atoms with Crippen molar-refractivity contribution < 1.29 is 14.7 Å². The number of carboxylic acids is 1. The molecular formula is C14H13NO3S2. The highest BCUT2D eigenvalue weighted by atomic mass is 32.2. The Bertz CT molecular complexity index is 595. The summed E-state index contributed by atoms with van der Waals surface area (Å²) in [5.74, 6) is -0.162. The van der Waals surface area contributed by atoms with Crippen LogP contribution in [0.25, 0.3) is 0 Å². The first-order valence-corrected chi connectivity index (χ1v) is 7.92. The first-order valence-electron chi connectivity index (χ1n) is 5.89. The highest BCUT2D eigenvalue weighted by Crippen LogP contribution is 2.23. The lowest BCUT2D eigenvalue weighted by Gasteiger charge is -2.04. The molecule has 0 radical (unpaired) electrons. The van der Waals surface area contributed by atoms with Crippen LogP contribution in [0.3, 0.4) is 0 Å². The normalized spacial score (nSPS) is 10.2. The highest BCUT2D eigenvalue weighted by Gasteiger charge is 2.13. The molecule has 0 atom stereocenters. The lowest BCUT2D eigenvalue weighted by Crippen LogP contribution is -2.15. The third kappa shape index (κ3) is 4.11. The van der Waals surface area contributed by atoms with Crippen molar-refractivity contribution in [3.63, 3.8) is 0 Å². The van der Waals surface area contributed by atoms with Gasteiger partial charge in [-0.1, -0.05) is 30.3 Å². The monoisotopic (exact) mass is 307 g/mol. The van der Waals surface area contributed by atoms with Crippen molar-refractivity contribution in [1.29, 1.82) is 0 Å². The number of amides is 1. The van der Waals surface area contributed by atoms with E-state index in [9.17, 15) is 9.59 Å². The molecule has 0 aliphatic heterocycles. The second-order valence-corrected chi connectivity index (χ2v) is 5.90. The Kier molecular flexibility index (Phi) is 5.20. The third-order valence-electron chi connectivity index (χ3n) is 2.49. The minimum Gasteiger partial charge on any atom is -0.478 e. The van der Waals surface area contributed by atoms with Crippen LogP contribution in [-0.2, 0) is 10.5 Å². The number of carbonyl (C=O) groups is 2. The van der Waals surface area contributed by atoms with Crippen molar-refractivity contribution in [2.24, 2.45) is 0 Å². The van der Waals surface area contributed by atoms with E-state index in [0.717, 1.165) is 11.3 Å². The zero-order chi connectivity index (χ0) is 14.4. The minimum atomic E-state index is -1.03. The van der Waals surface area contributed by atoms with E-state index in [1.54, 1.807) is 5.38 Å². The van der Waals surface area contributed by atoms with Gasteiger partial charge in [-0.05, 0) is 17.0 Å². The maximum absolute atomic E-state index is 11.8. The summed E-state index contributed by atoms with van der Waals surface area (Å²) in [7, 11) is 0. The molecule has 20 heavy (non-hydrogen) atoms. The van der Waals surface area contributed by atoms with Crippen molar-refractivity contribution in [3.8, 4) is 0 Å². The first-order chi connectivity index (χ1) is 9.66. The number of thioether (sulfide) groups is 1. The van der Waals surface area contributed by atoms with E-state index in [-0.39, 0.29) is 11.5 Å². The van der Waals surface area contributed by atoms with Crippen LogP contribution in [0.15, 0.2) is 41.8 Å². The van der Waals surface area contributed by atoms with Gasteiger partial charge in [0.05, 0.1) is 11.3 Å². The van der Waals surface area contributed by atoms with E-state index in [0.29, 0.717) is 10.8 Å². The van der Waals surface area contributed by atoms with Crippen molar-refractivity contribution in [3.05, 3.63) is 52.9 Å². The molecule has 1 amide bonds. The average molecular weight is 307 g/mol. The van der Waals surface area contributed by atoms with E-state index in [4.69, 9.17) is 5.11 Å². The van der Waals surface area contributed by atoms with Crippen LogP contribution in [0.4, 0.5) is 5.00 Å². The van der Waals surface area contributed by atoms with E-state index in [1.807, 2.05) is 30.3 Å². The van der Waals surface area contributed by atoms with Crippen molar-refractivity contribution >= 4 is 40.0 Å². The standard InChI is InChI=1S/C14H13NO3S2/c16-12(9-19-8-10-4-2-1-3-5-10)15-13-11(14(17)18)6-7-20-13/h1-7H,8-9H2,(H,15,16)(H,17,18). The van der Waals surface area contributed by atoms with Gasteiger partial charge in [0.25, 0.3) is 0 Å². The van der Waals surface area contributed by atoms with Gasteiger partial charge in [-0.2, -0.15) is 0 Å². The minimum absolute atomic E-state index is 0.136. The molecule has 0 aliphatic carbocycles. The number of carbonyl (C=O) groups excluding carboxylic acids is 1. The molecule has 0 saturated carbocycles. The van der Waals surface area contributed by atoms with E-state index < -0.39 is 5.97 Å². The number of hydrogen-bond donors (Lipinski definition) is 2. The van der Waals surface area contributed by atoms with E-state index in [1.165, 1.54) is 29.2 Å². The number of rotatable bonds is 6. The van der Waals surface area contributed by atoms with Gasteiger partial charge in [0.1, 0.15) is 5.00 Å². The summed E-state index contributed by atoms with van der Waals surface area (Å²) in [6.07, 6.45) is 0. The Morgan fingerprint density at radius 3 is 2.65 bits per heavy atom. The van der Waals surface area contributed by atoms with Gasteiger partial charge in [-0.3, -0.25) is 4.79 Å². The SMILES string of the molecule is O=C(CSCc1ccccc1)Nc1sccc1C(=O)O. The molecule has 2 N–H and O–H groups in total. The van der Waals surface area contributed by atoms with Gasteiger partial charge in [-0.15, -0.1) is 23.1 Å². The first kappa shape index (κ1) is 14.6. The topological polar surface area (TPSA) is 66.4 Å². The van der Waals surface area contributed by atoms with Gasteiger partial charge in [0, 0.05) is 5.75 Å². The van der Waals surface area contributed by atoms with Gasteiger partial charge in [-0.25, -0.2) is 4.79 Å². The zero-order valence-electron chi connectivity index (χ0n) is 10.5. The smallest absolute Gasteiger partial charge is 0.338 e. The van der Waals surface area contributed by atoms with Gasteiger partial charge in [0.2, 0.25) is 5.91 Å². The van der Waals surface area contributed by atoms with Crippen molar-refractivity contribution in [2.45, 2.75) is 5.75 Å². The Morgan fingerprint density at radius 2 is 1.95 bits per heavy atom. The lowest BCUT2D eigenvalue weighted by molar-refractivity contribution is -0.113. The number of carboxylic acid groups (broad SMARTS) is 1. The van der Waals surface area contributed by atoms with Gasteiger partial charge in [0.15, 0.2) is 0 Å². The molecule has 104 valence electrons. The lowest BCUT2D eigenvalue weighted by atomic mass is 10.2. The molecule has 2 rings (SSSR count). The maximum Gasteiger partial charge on any atom is 0.338 e. The third-order valence-corrected chi connectivity index (χ3v) is 4.33. The van der Waals surface area contributed by atoms with E-state index in [2.05, 4.69) is 5.32 Å². The second-order valence-electron chi connectivity index (χ2n) is 4.00. The highest BCUT2D eigenvalue weighted by molar-refractivity contribution is 7.99. The van der Waals surface area contributed by atoms with Crippen LogP contribution < -0.4 is 5.32 Å². The molecule has 2 aromatic rings. The molecule has 0 aliphatic rings. The maximum atomic E-state index is 11.8. The van der Waals surface area contributed by atoms with Crippen molar-refractivity contribution in [1.82, 2.24) is 0 Å². The molecule has 0 fully saturated rings. The summed E-state index contributed by atoms with van der Waals surface area (Å²) < 4.78 is 0. The Balaban J connectivity index is 1.81. The molecule has 6 heteroatoms. The summed E-state index contributed by atoms with van der Waals surface area (Å²) in [6, 6.07) is 11.4. The second kappa shape index (κ2) is 7.12. The summed E-state index contributed by atoms with van der Waals surface area (Å²) >= 11 is 2.71. The summed E-state index contributed by atoms with van der Waals surface area (Å²) in [6.45, 7) is 0. The fourth-order valence-corrected chi connectivity index (χ4v) is 3.16. The molecule has 0 saturated heterocycles. The van der Waals surface area contributed by atoms with Crippen LogP contribution in [0, 0.1) is 0 Å². The summed E-state index contributed by atoms with van der Waals surface area (Å²) in [4.78, 5) is 22.7. The van der Waals surface area contributed by atoms with Crippen molar-refractivity contribution in [2.75, 3.05) is 11.1 Å². The van der Waals surface area contributed by atoms with Crippen LogP contribution in [0.5, 0.6) is 0 Å². The zero-order valence-corrected chi connectivity index (χ0v) is 12.2. The summed E-state index contributed by atoms with van der Waals surface area (Å²) in [5, 5.41) is 13.6. The fourth-order valence-electron chi connectivity index (χ4n) is 1.57. The molecule has 0 unspecified atom stereocenters. The number of anilines is 1. The Morgan fingerprint density at radius 1 is 1.20 bits per heavy atom. The van der Waals surface area contributed by atoms with Crippen LogP contribution >= 0.6 is 23.1 Å². The molecule has 0 bridgehead atoms. The molecule has 1 heterocycles. The predicted molar refractivity (Wildman–Crippen MR) is 82.5 cm³/mol. The van der Waals surface area contributed by atoms with Crippen LogP contribution in [0.1, 0.15) is 15.9 Å². The van der Waals surface area contributed by atoms with Gasteiger partial charge >= 0.3 is 5.97 Å². The Labute approximate surface area is 124 Å². The average Bonchev–Trinajstić information content (AvgIpc) is 2.88. The van der Waals surface area contributed by atoms with E-state index >= 15 is 0 Å². The molecular weight excluding hydrogens is 294 g/mol. The number of benzene rings is 1. The number of thiophene rings is 1. The van der Waals surface area contributed by atoms with Crippen LogP contribution in [-0.4, -0.2) is 22.7 Å². The quantitative estimate of drug-likeness (QED) is 0.859. The number of nitrogens with one attached hydrogen (secondary N) is 1.